The van der Waals surface area contributed by atoms with E-state index in [9.17, 15) is 0 Å². The van der Waals surface area contributed by atoms with Gasteiger partial charge in [-0.25, -0.2) is 0 Å². The molecule has 2 nitrogen and oxygen atoms in total. The van der Waals surface area contributed by atoms with Crippen molar-refractivity contribution in [2.24, 2.45) is 5.92 Å². The Bertz CT molecular complexity index is 440. The van der Waals surface area contributed by atoms with Crippen LogP contribution in [0.5, 0.6) is 5.75 Å². The summed E-state index contributed by atoms with van der Waals surface area (Å²) < 4.78 is 6.45. The maximum absolute atomic E-state index is 6.45. The molecule has 0 amide bonds. The van der Waals surface area contributed by atoms with Crippen molar-refractivity contribution in [3.8, 4) is 5.75 Å². The van der Waals surface area contributed by atoms with Gasteiger partial charge >= 0.3 is 0 Å². The third-order valence-electron chi connectivity index (χ3n) is 4.92. The van der Waals surface area contributed by atoms with Gasteiger partial charge < -0.3 is 10.1 Å². The lowest BCUT2D eigenvalue weighted by atomic mass is 9.65. The van der Waals surface area contributed by atoms with E-state index in [1.165, 1.54) is 37.7 Å². The van der Waals surface area contributed by atoms with E-state index in [4.69, 9.17) is 4.74 Å². The van der Waals surface area contributed by atoms with Gasteiger partial charge in [0.2, 0.25) is 0 Å². The molecule has 0 radical (unpaired) electrons. The zero-order chi connectivity index (χ0) is 11.3. The predicted octanol–water partition coefficient (Wildman–Crippen LogP) is 3.04. The van der Waals surface area contributed by atoms with Gasteiger partial charge in [-0.1, -0.05) is 24.6 Å². The monoisotopic (exact) mass is 229 g/mol. The van der Waals surface area contributed by atoms with Crippen molar-refractivity contribution in [2.45, 2.75) is 43.7 Å². The molecular formula is C15H19NO. The SMILES string of the molecule is c1ccc2c(c1)O[C@]13CCCC[C@H]1[C@@H]2NCC3. The zero-order valence-corrected chi connectivity index (χ0v) is 10.1. The van der Waals surface area contributed by atoms with E-state index in [1.807, 2.05) is 0 Å². The highest BCUT2D eigenvalue weighted by Gasteiger charge is 2.52. The van der Waals surface area contributed by atoms with Crippen LogP contribution in [0.1, 0.15) is 43.7 Å². The molecule has 3 aliphatic rings. The number of rotatable bonds is 0. The normalized spacial score (nSPS) is 38.8. The molecule has 4 rings (SSSR count). The number of fused-ring (bicyclic) bond motifs is 2. The molecule has 1 N–H and O–H groups in total. The maximum atomic E-state index is 6.45. The molecule has 2 heterocycles. The fourth-order valence-electron chi connectivity index (χ4n) is 4.15. The molecule has 3 atom stereocenters. The Morgan fingerprint density at radius 3 is 3.12 bits per heavy atom. The van der Waals surface area contributed by atoms with Gasteiger partial charge in [0.1, 0.15) is 11.4 Å². The van der Waals surface area contributed by atoms with Crippen LogP contribution in [0.2, 0.25) is 0 Å². The van der Waals surface area contributed by atoms with Gasteiger partial charge in [-0.15, -0.1) is 0 Å². The summed E-state index contributed by atoms with van der Waals surface area (Å²) in [4.78, 5) is 0. The van der Waals surface area contributed by atoms with E-state index in [2.05, 4.69) is 29.6 Å². The third kappa shape index (κ3) is 1.30. The van der Waals surface area contributed by atoms with Crippen LogP contribution in [0.3, 0.4) is 0 Å². The lowest BCUT2D eigenvalue weighted by molar-refractivity contribution is -0.0817. The second-order valence-electron chi connectivity index (χ2n) is 5.74. The molecule has 90 valence electrons. The van der Waals surface area contributed by atoms with Crippen LogP contribution < -0.4 is 10.1 Å². The summed E-state index contributed by atoms with van der Waals surface area (Å²) >= 11 is 0. The standard InChI is InChI=1S/C15H19NO/c1-2-7-13-11(5-1)14-12-6-3-4-8-15(12,17-13)9-10-16-14/h1-2,5,7,12,14,16H,3-4,6,8-10H2/t12-,14+,15-/m0/s1. The quantitative estimate of drug-likeness (QED) is 0.738. The summed E-state index contributed by atoms with van der Waals surface area (Å²) in [6.07, 6.45) is 6.47. The number of ether oxygens (including phenoxy) is 1. The van der Waals surface area contributed by atoms with Crippen LogP contribution in [0.4, 0.5) is 0 Å². The first kappa shape index (κ1) is 9.95. The molecule has 2 bridgehead atoms. The number of nitrogens with one attached hydrogen (secondary N) is 1. The van der Waals surface area contributed by atoms with Gasteiger partial charge in [-0.2, -0.15) is 0 Å². The van der Waals surface area contributed by atoms with Crippen LogP contribution in [0.15, 0.2) is 24.3 Å². The fraction of sp³-hybridized carbons (Fsp3) is 0.600. The molecule has 17 heavy (non-hydrogen) atoms. The lowest BCUT2D eigenvalue weighted by Crippen LogP contribution is -2.59. The zero-order valence-electron chi connectivity index (χ0n) is 10.1. The van der Waals surface area contributed by atoms with E-state index < -0.39 is 0 Å². The number of benzene rings is 1. The molecule has 0 unspecified atom stereocenters. The van der Waals surface area contributed by atoms with Crippen molar-refractivity contribution in [1.29, 1.82) is 0 Å². The van der Waals surface area contributed by atoms with Crippen molar-refractivity contribution in [3.05, 3.63) is 29.8 Å². The highest BCUT2D eigenvalue weighted by atomic mass is 16.5. The summed E-state index contributed by atoms with van der Waals surface area (Å²) in [5.74, 6) is 1.82. The minimum atomic E-state index is 0.155. The number of para-hydroxylation sites is 1. The van der Waals surface area contributed by atoms with Gasteiger partial charge in [-0.3, -0.25) is 0 Å². The summed E-state index contributed by atoms with van der Waals surface area (Å²) in [5, 5.41) is 3.72. The Balaban J connectivity index is 1.85. The first-order valence-electron chi connectivity index (χ1n) is 6.90. The van der Waals surface area contributed by atoms with Crippen LogP contribution >= 0.6 is 0 Å². The number of hydrogen-bond donors (Lipinski definition) is 1. The smallest absolute Gasteiger partial charge is 0.124 e. The molecule has 2 heteroatoms. The molecule has 1 aromatic carbocycles. The molecule has 0 aromatic heterocycles. The molecule has 2 aliphatic heterocycles. The van der Waals surface area contributed by atoms with Gasteiger partial charge in [0.05, 0.1) is 0 Å². The number of hydrogen-bond acceptors (Lipinski definition) is 2. The van der Waals surface area contributed by atoms with Crippen molar-refractivity contribution in [3.63, 3.8) is 0 Å². The summed E-state index contributed by atoms with van der Waals surface area (Å²) in [5.41, 5.74) is 1.54. The summed E-state index contributed by atoms with van der Waals surface area (Å²) in [6, 6.07) is 9.13. The second kappa shape index (κ2) is 3.49. The van der Waals surface area contributed by atoms with Crippen LogP contribution in [0, 0.1) is 5.92 Å². The Hall–Kier alpha value is -1.02. The minimum Gasteiger partial charge on any atom is -0.487 e. The Kier molecular flexibility index (Phi) is 2.04. The van der Waals surface area contributed by atoms with Gasteiger partial charge in [-0.05, 0) is 38.3 Å². The highest BCUT2D eigenvalue weighted by Crippen LogP contribution is 2.53. The average molecular weight is 229 g/mol. The summed E-state index contributed by atoms with van der Waals surface area (Å²) in [7, 11) is 0. The van der Waals surface area contributed by atoms with E-state index in [1.54, 1.807) is 0 Å². The molecule has 1 saturated carbocycles. The first-order chi connectivity index (χ1) is 8.39. The van der Waals surface area contributed by atoms with Crippen molar-refractivity contribution in [2.75, 3.05) is 6.54 Å². The predicted molar refractivity (Wildman–Crippen MR) is 67.1 cm³/mol. The van der Waals surface area contributed by atoms with Gasteiger partial charge in [0.15, 0.2) is 0 Å². The Labute approximate surface area is 102 Å². The molecule has 1 aromatic rings. The van der Waals surface area contributed by atoms with Crippen molar-refractivity contribution in [1.82, 2.24) is 5.32 Å². The third-order valence-corrected chi connectivity index (χ3v) is 4.92. The van der Waals surface area contributed by atoms with Crippen molar-refractivity contribution >= 4 is 0 Å². The maximum Gasteiger partial charge on any atom is 0.124 e. The summed E-state index contributed by atoms with van der Waals surface area (Å²) in [6.45, 7) is 1.11. The molecular weight excluding hydrogens is 210 g/mol. The van der Waals surface area contributed by atoms with Crippen LogP contribution in [-0.4, -0.2) is 12.1 Å². The molecule has 1 aliphatic carbocycles. The largest absolute Gasteiger partial charge is 0.487 e. The Morgan fingerprint density at radius 2 is 2.12 bits per heavy atom. The van der Waals surface area contributed by atoms with E-state index in [0.29, 0.717) is 12.0 Å². The van der Waals surface area contributed by atoms with E-state index >= 15 is 0 Å². The minimum absolute atomic E-state index is 0.155. The molecule has 1 saturated heterocycles. The van der Waals surface area contributed by atoms with Gasteiger partial charge in [0.25, 0.3) is 0 Å². The Morgan fingerprint density at radius 1 is 1.18 bits per heavy atom. The molecule has 2 fully saturated rings. The fourth-order valence-corrected chi connectivity index (χ4v) is 4.15. The number of piperidine rings is 1. The first-order valence-corrected chi connectivity index (χ1v) is 6.90. The second-order valence-corrected chi connectivity index (χ2v) is 5.74. The van der Waals surface area contributed by atoms with Gasteiger partial charge in [0, 0.05) is 17.5 Å². The van der Waals surface area contributed by atoms with Crippen LogP contribution in [-0.2, 0) is 0 Å². The van der Waals surface area contributed by atoms with E-state index in [0.717, 1.165) is 12.3 Å². The van der Waals surface area contributed by atoms with E-state index in [-0.39, 0.29) is 5.60 Å². The average Bonchev–Trinajstić information content (AvgIpc) is 2.38. The van der Waals surface area contributed by atoms with Crippen molar-refractivity contribution < 1.29 is 4.74 Å². The molecule has 0 spiro atoms. The topological polar surface area (TPSA) is 21.3 Å². The van der Waals surface area contributed by atoms with Crippen LogP contribution in [0.25, 0.3) is 0 Å². The lowest BCUT2D eigenvalue weighted by Gasteiger charge is -2.54. The highest BCUT2D eigenvalue weighted by molar-refractivity contribution is 5.40.